The van der Waals surface area contributed by atoms with Gasteiger partial charge in [-0.2, -0.15) is 0 Å². The third-order valence-electron chi connectivity index (χ3n) is 4.79. The topological polar surface area (TPSA) is 42.4 Å². The van der Waals surface area contributed by atoms with E-state index in [-0.39, 0.29) is 23.6 Å². The number of rotatable bonds is 7. The van der Waals surface area contributed by atoms with Crippen molar-refractivity contribution in [2.24, 2.45) is 0 Å². The molecule has 1 fully saturated rings. The second-order valence-corrected chi connectivity index (χ2v) is 8.69. The maximum Gasteiger partial charge on any atom is 0.242 e. The van der Waals surface area contributed by atoms with E-state index < -0.39 is 0 Å². The van der Waals surface area contributed by atoms with E-state index >= 15 is 0 Å². The summed E-state index contributed by atoms with van der Waals surface area (Å²) in [6, 6.07) is 17.8. The number of thiocarbonyl (C=S) groups is 1. The van der Waals surface area contributed by atoms with Crippen LogP contribution in [0, 0.1) is 5.82 Å². The summed E-state index contributed by atoms with van der Waals surface area (Å²) in [5.41, 5.74) is 2.32. The number of amides is 1. The Labute approximate surface area is 184 Å². The number of halogens is 1. The SMILES string of the molecule is O=C1[C@@H](Cc2ccccc2OCc2ccccc2F)SC(=S)N1Cc1cccnc1. The Bertz CT molecular complexity index is 1060. The number of thioether (sulfide) groups is 1. The zero-order chi connectivity index (χ0) is 20.9. The molecule has 30 heavy (non-hydrogen) atoms. The molecule has 1 aromatic heterocycles. The van der Waals surface area contributed by atoms with Gasteiger partial charge in [0.15, 0.2) is 0 Å². The van der Waals surface area contributed by atoms with Crippen molar-refractivity contribution in [2.45, 2.75) is 24.8 Å². The Balaban J connectivity index is 1.45. The Kier molecular flexibility index (Phi) is 6.40. The van der Waals surface area contributed by atoms with Gasteiger partial charge in [-0.3, -0.25) is 14.7 Å². The van der Waals surface area contributed by atoms with Gasteiger partial charge in [0, 0.05) is 18.0 Å². The Hall–Kier alpha value is -2.77. The van der Waals surface area contributed by atoms with Crippen LogP contribution in [0.1, 0.15) is 16.7 Å². The summed E-state index contributed by atoms with van der Waals surface area (Å²) in [5.74, 6) is 0.330. The van der Waals surface area contributed by atoms with Gasteiger partial charge in [-0.25, -0.2) is 4.39 Å². The number of pyridine rings is 1. The van der Waals surface area contributed by atoms with Gasteiger partial charge in [0.2, 0.25) is 5.91 Å². The molecule has 4 nitrogen and oxygen atoms in total. The third-order valence-corrected chi connectivity index (χ3v) is 6.37. The number of aromatic nitrogens is 1. The molecule has 0 spiro atoms. The van der Waals surface area contributed by atoms with Crippen LogP contribution in [0.3, 0.4) is 0 Å². The van der Waals surface area contributed by atoms with E-state index in [9.17, 15) is 9.18 Å². The molecule has 1 aliphatic rings. The molecule has 7 heteroatoms. The third kappa shape index (κ3) is 4.68. The molecule has 0 radical (unpaired) electrons. The average molecular weight is 439 g/mol. The van der Waals surface area contributed by atoms with Gasteiger partial charge >= 0.3 is 0 Å². The highest BCUT2D eigenvalue weighted by Crippen LogP contribution is 2.33. The van der Waals surface area contributed by atoms with Gasteiger partial charge in [-0.15, -0.1) is 0 Å². The lowest BCUT2D eigenvalue weighted by Crippen LogP contribution is -2.31. The summed E-state index contributed by atoms with van der Waals surface area (Å²) < 4.78 is 20.3. The fourth-order valence-electron chi connectivity index (χ4n) is 3.23. The molecule has 1 atom stereocenters. The molecule has 0 saturated carbocycles. The van der Waals surface area contributed by atoms with E-state index in [1.165, 1.54) is 17.8 Å². The van der Waals surface area contributed by atoms with E-state index in [2.05, 4.69) is 4.98 Å². The standard InChI is InChI=1S/C23H19FN2O2S2/c24-19-9-3-1-8-18(19)15-28-20-10-4-2-7-17(20)12-21-22(27)26(23(29)30-21)14-16-6-5-11-25-13-16/h1-11,13,21H,12,14-15H2/t21-/m1/s1. The molecule has 152 valence electrons. The van der Waals surface area contributed by atoms with Crippen LogP contribution in [0.25, 0.3) is 0 Å². The summed E-state index contributed by atoms with van der Waals surface area (Å²) in [4.78, 5) is 18.7. The number of para-hydroxylation sites is 1. The maximum absolute atomic E-state index is 13.9. The van der Waals surface area contributed by atoms with Crippen molar-refractivity contribution in [1.82, 2.24) is 9.88 Å². The molecule has 4 rings (SSSR count). The molecular weight excluding hydrogens is 419 g/mol. The molecule has 0 unspecified atom stereocenters. The highest BCUT2D eigenvalue weighted by Gasteiger charge is 2.37. The Morgan fingerprint density at radius 2 is 1.83 bits per heavy atom. The number of nitrogens with zero attached hydrogens (tertiary/aromatic N) is 2. The normalized spacial score (nSPS) is 16.2. The number of hydrogen-bond donors (Lipinski definition) is 0. The van der Waals surface area contributed by atoms with E-state index in [4.69, 9.17) is 17.0 Å². The molecule has 1 saturated heterocycles. The highest BCUT2D eigenvalue weighted by atomic mass is 32.2. The summed E-state index contributed by atoms with van der Waals surface area (Å²) in [6.45, 7) is 0.543. The molecule has 1 aliphatic heterocycles. The van der Waals surface area contributed by atoms with Gasteiger partial charge in [0.1, 0.15) is 22.5 Å². The fourth-order valence-corrected chi connectivity index (χ4v) is 4.75. The van der Waals surface area contributed by atoms with Crippen molar-refractivity contribution in [2.75, 3.05) is 0 Å². The Morgan fingerprint density at radius 1 is 1.07 bits per heavy atom. The van der Waals surface area contributed by atoms with Gasteiger partial charge in [0.05, 0.1) is 11.8 Å². The van der Waals surface area contributed by atoms with E-state index in [0.29, 0.717) is 28.6 Å². The van der Waals surface area contributed by atoms with Crippen LogP contribution < -0.4 is 4.74 Å². The second kappa shape index (κ2) is 9.36. The smallest absolute Gasteiger partial charge is 0.242 e. The highest BCUT2D eigenvalue weighted by molar-refractivity contribution is 8.24. The number of ether oxygens (including phenoxy) is 1. The number of hydrogen-bond acceptors (Lipinski definition) is 5. The fraction of sp³-hybridized carbons (Fsp3) is 0.174. The minimum atomic E-state index is -0.313. The lowest BCUT2D eigenvalue weighted by molar-refractivity contribution is -0.126. The molecule has 0 N–H and O–H groups in total. The number of carbonyl (C=O) groups is 1. The molecule has 0 bridgehead atoms. The first-order chi connectivity index (χ1) is 14.6. The van der Waals surface area contributed by atoms with Crippen molar-refractivity contribution in [3.8, 4) is 5.75 Å². The predicted octanol–water partition coefficient (Wildman–Crippen LogP) is 4.77. The summed E-state index contributed by atoms with van der Waals surface area (Å²) in [6.07, 6.45) is 3.92. The zero-order valence-electron chi connectivity index (χ0n) is 16.0. The van der Waals surface area contributed by atoms with Crippen molar-refractivity contribution in [3.63, 3.8) is 0 Å². The molecule has 2 aromatic carbocycles. The molecular formula is C23H19FN2O2S2. The van der Waals surface area contributed by atoms with Crippen LogP contribution in [-0.2, 0) is 24.4 Å². The van der Waals surface area contributed by atoms with Gasteiger partial charge < -0.3 is 4.74 Å². The van der Waals surface area contributed by atoms with E-state index in [0.717, 1.165) is 11.1 Å². The first-order valence-corrected chi connectivity index (χ1v) is 10.8. The van der Waals surface area contributed by atoms with Crippen LogP contribution in [0.5, 0.6) is 5.75 Å². The predicted molar refractivity (Wildman–Crippen MR) is 120 cm³/mol. The minimum absolute atomic E-state index is 0.0160. The van der Waals surface area contributed by atoms with Crippen molar-refractivity contribution in [1.29, 1.82) is 0 Å². The van der Waals surface area contributed by atoms with Crippen molar-refractivity contribution in [3.05, 3.63) is 95.6 Å². The van der Waals surface area contributed by atoms with Gasteiger partial charge in [-0.1, -0.05) is 66.4 Å². The molecule has 2 heterocycles. The van der Waals surface area contributed by atoms with Crippen molar-refractivity contribution < 1.29 is 13.9 Å². The first-order valence-electron chi connectivity index (χ1n) is 9.47. The van der Waals surface area contributed by atoms with E-state index in [1.807, 2.05) is 36.4 Å². The minimum Gasteiger partial charge on any atom is -0.489 e. The number of benzene rings is 2. The molecule has 3 aromatic rings. The first kappa shape index (κ1) is 20.5. The largest absolute Gasteiger partial charge is 0.489 e. The molecule has 1 amide bonds. The van der Waals surface area contributed by atoms with Gasteiger partial charge in [0.25, 0.3) is 0 Å². The van der Waals surface area contributed by atoms with E-state index in [1.54, 1.807) is 35.5 Å². The van der Waals surface area contributed by atoms with Crippen LogP contribution in [0.15, 0.2) is 73.1 Å². The van der Waals surface area contributed by atoms with Gasteiger partial charge in [-0.05, 0) is 35.7 Å². The van der Waals surface area contributed by atoms with Crippen LogP contribution in [-0.4, -0.2) is 25.4 Å². The lowest BCUT2D eigenvalue weighted by Gasteiger charge is -2.16. The Morgan fingerprint density at radius 3 is 2.60 bits per heavy atom. The lowest BCUT2D eigenvalue weighted by atomic mass is 10.1. The van der Waals surface area contributed by atoms with Crippen molar-refractivity contribution >= 4 is 34.2 Å². The second-order valence-electron chi connectivity index (χ2n) is 6.85. The zero-order valence-corrected chi connectivity index (χ0v) is 17.7. The monoisotopic (exact) mass is 438 g/mol. The summed E-state index contributed by atoms with van der Waals surface area (Å²) in [5, 5.41) is -0.313. The average Bonchev–Trinajstić information content (AvgIpc) is 3.02. The number of carbonyl (C=O) groups excluding carboxylic acids is 1. The van der Waals surface area contributed by atoms with Crippen LogP contribution in [0.2, 0.25) is 0 Å². The maximum atomic E-state index is 13.9. The van der Waals surface area contributed by atoms with Crippen LogP contribution in [0.4, 0.5) is 4.39 Å². The summed E-state index contributed by atoms with van der Waals surface area (Å²) in [7, 11) is 0. The molecule has 0 aliphatic carbocycles. The van der Waals surface area contributed by atoms with Crippen LogP contribution >= 0.6 is 24.0 Å². The quantitative estimate of drug-likeness (QED) is 0.497. The summed E-state index contributed by atoms with van der Waals surface area (Å²) >= 11 is 6.84.